The minimum absolute atomic E-state index is 0.223. The van der Waals surface area contributed by atoms with Crippen LogP contribution in [0.2, 0.25) is 5.02 Å². The van der Waals surface area contributed by atoms with E-state index >= 15 is 0 Å². The van der Waals surface area contributed by atoms with Crippen molar-refractivity contribution in [1.29, 1.82) is 0 Å². The van der Waals surface area contributed by atoms with Gasteiger partial charge in [-0.15, -0.1) is 0 Å². The van der Waals surface area contributed by atoms with E-state index in [1.807, 2.05) is 0 Å². The minimum atomic E-state index is -3.40. The molecule has 1 amide bonds. The molecule has 0 radical (unpaired) electrons. The highest BCUT2D eigenvalue weighted by molar-refractivity contribution is 7.54. The van der Waals surface area contributed by atoms with Crippen molar-refractivity contribution in [2.45, 2.75) is 13.8 Å². The van der Waals surface area contributed by atoms with Crippen LogP contribution in [-0.2, 0) is 18.4 Å². The maximum atomic E-state index is 12.3. The van der Waals surface area contributed by atoms with E-state index in [4.69, 9.17) is 20.6 Å². The molecular formula is C13H19ClNO4P. The Labute approximate surface area is 124 Å². The Kier molecular flexibility index (Phi) is 6.69. The Bertz CT molecular complexity index is 499. The quantitative estimate of drug-likeness (QED) is 0.721. The Balaban J connectivity index is 2.84. The van der Waals surface area contributed by atoms with Crippen molar-refractivity contribution in [3.63, 3.8) is 0 Å². The predicted octanol–water partition coefficient (Wildman–Crippen LogP) is 3.57. The van der Waals surface area contributed by atoms with Crippen LogP contribution in [0.4, 0.5) is 5.69 Å². The Morgan fingerprint density at radius 2 is 1.80 bits per heavy atom. The first kappa shape index (κ1) is 17.2. The summed E-state index contributed by atoms with van der Waals surface area (Å²) in [5.41, 5.74) is 0.554. The molecule has 0 aliphatic heterocycles. The number of amides is 1. The van der Waals surface area contributed by atoms with Gasteiger partial charge in [0.2, 0.25) is 5.91 Å². The van der Waals surface area contributed by atoms with Gasteiger partial charge < -0.3 is 13.9 Å². The third kappa shape index (κ3) is 4.60. The summed E-state index contributed by atoms with van der Waals surface area (Å²) in [5, 5.41) is 0.450. The average molecular weight is 320 g/mol. The molecule has 0 N–H and O–H groups in total. The van der Waals surface area contributed by atoms with Gasteiger partial charge in [0.1, 0.15) is 6.16 Å². The van der Waals surface area contributed by atoms with Crippen molar-refractivity contribution in [1.82, 2.24) is 0 Å². The molecule has 0 saturated heterocycles. The van der Waals surface area contributed by atoms with E-state index in [1.54, 1.807) is 45.2 Å². The molecule has 0 unspecified atom stereocenters. The number of carbonyl (C=O) groups is 1. The zero-order valence-electron chi connectivity index (χ0n) is 11.8. The molecular weight excluding hydrogens is 301 g/mol. The topological polar surface area (TPSA) is 55.8 Å². The van der Waals surface area contributed by atoms with Crippen LogP contribution in [0, 0.1) is 0 Å². The van der Waals surface area contributed by atoms with Crippen LogP contribution in [0.5, 0.6) is 0 Å². The molecule has 1 rings (SSSR count). The SMILES string of the molecule is CCOP(=O)(CC(=O)N(C)c1ccccc1Cl)OCC. The monoisotopic (exact) mass is 319 g/mol. The fraction of sp³-hybridized carbons (Fsp3) is 0.462. The van der Waals surface area contributed by atoms with E-state index in [0.717, 1.165) is 0 Å². The second-order valence-corrected chi connectivity index (χ2v) is 6.47. The fourth-order valence-electron chi connectivity index (χ4n) is 1.65. The summed E-state index contributed by atoms with van der Waals surface area (Å²) in [4.78, 5) is 13.6. The van der Waals surface area contributed by atoms with Crippen LogP contribution >= 0.6 is 19.2 Å². The first-order valence-corrected chi connectivity index (χ1v) is 8.43. The van der Waals surface area contributed by atoms with Crippen molar-refractivity contribution in [3.05, 3.63) is 29.3 Å². The number of rotatable bonds is 7. The van der Waals surface area contributed by atoms with E-state index in [1.165, 1.54) is 4.90 Å². The van der Waals surface area contributed by atoms with Crippen molar-refractivity contribution in [2.75, 3.05) is 31.3 Å². The Hall–Kier alpha value is -0.870. The summed E-state index contributed by atoms with van der Waals surface area (Å²) < 4.78 is 22.5. The number of hydrogen-bond acceptors (Lipinski definition) is 4. The number of para-hydroxylation sites is 1. The summed E-state index contributed by atoms with van der Waals surface area (Å²) in [6.07, 6.45) is -0.309. The zero-order valence-corrected chi connectivity index (χ0v) is 13.5. The molecule has 0 bridgehead atoms. The van der Waals surface area contributed by atoms with Crippen LogP contribution < -0.4 is 4.90 Å². The lowest BCUT2D eigenvalue weighted by Gasteiger charge is -2.22. The molecule has 1 aromatic carbocycles. The molecule has 0 aromatic heterocycles. The number of carbonyl (C=O) groups excluding carboxylic acids is 1. The maximum Gasteiger partial charge on any atom is 0.340 e. The highest BCUT2D eigenvalue weighted by atomic mass is 35.5. The van der Waals surface area contributed by atoms with Gasteiger partial charge in [0.05, 0.1) is 23.9 Å². The molecule has 5 nitrogen and oxygen atoms in total. The normalized spacial score (nSPS) is 11.4. The van der Waals surface area contributed by atoms with Crippen molar-refractivity contribution in [3.8, 4) is 0 Å². The molecule has 0 aliphatic rings. The molecule has 7 heteroatoms. The van der Waals surface area contributed by atoms with E-state index in [2.05, 4.69) is 0 Å². The summed E-state index contributed by atoms with van der Waals surface area (Å²) in [6, 6.07) is 6.95. The highest BCUT2D eigenvalue weighted by Crippen LogP contribution is 2.48. The summed E-state index contributed by atoms with van der Waals surface area (Å²) >= 11 is 6.03. The smallest absolute Gasteiger partial charge is 0.313 e. The Morgan fingerprint density at radius 3 is 2.30 bits per heavy atom. The maximum absolute atomic E-state index is 12.3. The third-order valence-electron chi connectivity index (χ3n) is 2.57. The second kappa shape index (κ2) is 7.79. The third-order valence-corrected chi connectivity index (χ3v) is 4.85. The molecule has 0 saturated carbocycles. The molecule has 0 atom stereocenters. The molecule has 20 heavy (non-hydrogen) atoms. The van der Waals surface area contributed by atoms with Crippen molar-refractivity contribution in [2.24, 2.45) is 0 Å². The molecule has 1 aromatic rings. The first-order valence-electron chi connectivity index (χ1n) is 6.32. The zero-order chi connectivity index (χ0) is 15.2. The second-order valence-electron chi connectivity index (χ2n) is 4.01. The van der Waals surface area contributed by atoms with E-state index in [9.17, 15) is 9.36 Å². The van der Waals surface area contributed by atoms with Gasteiger partial charge in [-0.3, -0.25) is 9.36 Å². The van der Waals surface area contributed by atoms with Gasteiger partial charge in [-0.1, -0.05) is 23.7 Å². The lowest BCUT2D eigenvalue weighted by molar-refractivity contribution is -0.116. The van der Waals surface area contributed by atoms with Crippen LogP contribution in [0.15, 0.2) is 24.3 Å². The molecule has 0 fully saturated rings. The van der Waals surface area contributed by atoms with Crippen LogP contribution in [0.1, 0.15) is 13.8 Å². The van der Waals surface area contributed by atoms with Gasteiger partial charge in [-0.05, 0) is 26.0 Å². The van der Waals surface area contributed by atoms with Gasteiger partial charge in [0, 0.05) is 7.05 Å². The molecule has 0 heterocycles. The van der Waals surface area contributed by atoms with Gasteiger partial charge in [0.25, 0.3) is 0 Å². The van der Waals surface area contributed by atoms with Crippen molar-refractivity contribution < 1.29 is 18.4 Å². The minimum Gasteiger partial charge on any atom is -0.313 e. The van der Waals surface area contributed by atoms with Gasteiger partial charge in [-0.2, -0.15) is 0 Å². The number of anilines is 1. The van der Waals surface area contributed by atoms with Crippen LogP contribution in [0.25, 0.3) is 0 Å². The van der Waals surface area contributed by atoms with Gasteiger partial charge in [0.15, 0.2) is 0 Å². The summed E-state index contributed by atoms with van der Waals surface area (Å²) in [5.74, 6) is -0.372. The van der Waals surface area contributed by atoms with Crippen LogP contribution in [-0.4, -0.2) is 32.3 Å². The molecule has 0 spiro atoms. The van der Waals surface area contributed by atoms with E-state index in [-0.39, 0.29) is 25.3 Å². The predicted molar refractivity (Wildman–Crippen MR) is 80.6 cm³/mol. The van der Waals surface area contributed by atoms with Gasteiger partial charge >= 0.3 is 7.60 Å². The summed E-state index contributed by atoms with van der Waals surface area (Å²) in [7, 11) is -1.82. The standard InChI is InChI=1S/C13H19ClNO4P/c1-4-18-20(17,19-5-2)10-13(16)15(3)12-9-7-6-8-11(12)14/h6-9H,4-5,10H2,1-3H3. The van der Waals surface area contributed by atoms with E-state index < -0.39 is 7.60 Å². The largest absolute Gasteiger partial charge is 0.340 e. The van der Waals surface area contributed by atoms with Gasteiger partial charge in [-0.25, -0.2) is 0 Å². The van der Waals surface area contributed by atoms with E-state index in [0.29, 0.717) is 10.7 Å². The number of benzene rings is 1. The lowest BCUT2D eigenvalue weighted by Crippen LogP contribution is -2.30. The summed E-state index contributed by atoms with van der Waals surface area (Å²) in [6.45, 7) is 3.85. The lowest BCUT2D eigenvalue weighted by atomic mass is 10.3. The first-order chi connectivity index (χ1) is 9.43. The molecule has 112 valence electrons. The molecule has 0 aliphatic carbocycles. The highest BCUT2D eigenvalue weighted by Gasteiger charge is 2.30. The average Bonchev–Trinajstić information content (AvgIpc) is 2.38. The Morgan fingerprint density at radius 1 is 1.25 bits per heavy atom. The number of nitrogens with zero attached hydrogens (tertiary/aromatic N) is 1. The fourth-order valence-corrected chi connectivity index (χ4v) is 3.50. The number of halogens is 1. The van der Waals surface area contributed by atoms with Crippen LogP contribution in [0.3, 0.4) is 0 Å². The van der Waals surface area contributed by atoms with Crippen molar-refractivity contribution >= 4 is 30.8 Å². The number of hydrogen-bond donors (Lipinski definition) is 0.